The van der Waals surface area contributed by atoms with E-state index in [0.717, 1.165) is 16.9 Å². The van der Waals surface area contributed by atoms with Crippen molar-refractivity contribution in [3.05, 3.63) is 87.4 Å². The van der Waals surface area contributed by atoms with E-state index in [2.05, 4.69) is 5.32 Å². The summed E-state index contributed by atoms with van der Waals surface area (Å²) >= 11 is 1.44. The van der Waals surface area contributed by atoms with E-state index < -0.39 is 5.82 Å². The Kier molecular flexibility index (Phi) is 4.73. The van der Waals surface area contributed by atoms with Crippen molar-refractivity contribution in [3.8, 4) is 0 Å². The highest BCUT2D eigenvalue weighted by molar-refractivity contribution is 7.12. The Bertz CT molecular complexity index is 1000. The molecule has 4 nitrogen and oxygen atoms in total. The van der Waals surface area contributed by atoms with Crippen LogP contribution in [0, 0.1) is 5.82 Å². The number of halogens is 1. The van der Waals surface area contributed by atoms with Crippen LogP contribution in [0.4, 0.5) is 10.1 Å². The summed E-state index contributed by atoms with van der Waals surface area (Å²) in [7, 11) is 0. The molecule has 27 heavy (non-hydrogen) atoms. The summed E-state index contributed by atoms with van der Waals surface area (Å²) < 4.78 is 13.3. The predicted molar refractivity (Wildman–Crippen MR) is 104 cm³/mol. The summed E-state index contributed by atoms with van der Waals surface area (Å²) in [5.74, 6) is -0.780. The van der Waals surface area contributed by atoms with Crippen molar-refractivity contribution in [2.45, 2.75) is 13.0 Å². The van der Waals surface area contributed by atoms with Crippen molar-refractivity contribution >= 4 is 28.8 Å². The highest BCUT2D eigenvalue weighted by atomic mass is 32.1. The first-order valence-electron chi connectivity index (χ1n) is 8.61. The van der Waals surface area contributed by atoms with Crippen molar-refractivity contribution in [2.75, 3.05) is 11.9 Å². The number of nitrogens with one attached hydrogen (secondary N) is 1. The molecule has 2 aromatic carbocycles. The van der Waals surface area contributed by atoms with Crippen LogP contribution in [0.15, 0.2) is 60.0 Å². The zero-order valence-electron chi connectivity index (χ0n) is 14.4. The highest BCUT2D eigenvalue weighted by Gasteiger charge is 2.22. The molecule has 1 aromatic heterocycles. The number of hydrogen-bond donors (Lipinski definition) is 1. The summed E-state index contributed by atoms with van der Waals surface area (Å²) in [6.45, 7) is 1.19. The lowest BCUT2D eigenvalue weighted by Gasteiger charge is -2.29. The van der Waals surface area contributed by atoms with Gasteiger partial charge in [0.05, 0.1) is 4.88 Å². The third kappa shape index (κ3) is 3.75. The van der Waals surface area contributed by atoms with E-state index >= 15 is 0 Å². The van der Waals surface area contributed by atoms with E-state index in [0.29, 0.717) is 18.8 Å². The maximum absolute atomic E-state index is 13.3. The topological polar surface area (TPSA) is 49.4 Å². The molecule has 0 spiro atoms. The fourth-order valence-corrected chi connectivity index (χ4v) is 3.89. The number of anilines is 1. The summed E-state index contributed by atoms with van der Waals surface area (Å²) in [6, 6.07) is 15.0. The van der Waals surface area contributed by atoms with Crippen LogP contribution in [0.5, 0.6) is 0 Å². The minimum absolute atomic E-state index is 0.0323. The minimum atomic E-state index is -0.448. The van der Waals surface area contributed by atoms with Crippen LogP contribution < -0.4 is 5.32 Å². The number of rotatable bonds is 3. The lowest BCUT2D eigenvalue weighted by atomic mass is 9.98. The van der Waals surface area contributed by atoms with Crippen LogP contribution in [0.3, 0.4) is 0 Å². The summed E-state index contributed by atoms with van der Waals surface area (Å²) in [5, 5.41) is 4.69. The highest BCUT2D eigenvalue weighted by Crippen LogP contribution is 2.25. The summed E-state index contributed by atoms with van der Waals surface area (Å²) in [4.78, 5) is 27.5. The molecule has 6 heteroatoms. The first-order valence-corrected chi connectivity index (χ1v) is 9.49. The molecule has 2 amide bonds. The second-order valence-electron chi connectivity index (χ2n) is 6.40. The van der Waals surface area contributed by atoms with Gasteiger partial charge in [-0.1, -0.05) is 18.2 Å². The molecular formula is C21H17FN2O2S. The van der Waals surface area contributed by atoms with Crippen LogP contribution in [0.1, 0.15) is 31.2 Å². The zero-order chi connectivity index (χ0) is 18.8. The van der Waals surface area contributed by atoms with Gasteiger partial charge < -0.3 is 10.2 Å². The van der Waals surface area contributed by atoms with Crippen LogP contribution >= 0.6 is 11.3 Å². The molecule has 0 aliphatic carbocycles. The van der Waals surface area contributed by atoms with Gasteiger partial charge in [-0.15, -0.1) is 11.3 Å². The fraction of sp³-hybridized carbons (Fsp3) is 0.143. The Balaban J connectivity index is 1.51. The molecule has 4 rings (SSSR count). The quantitative estimate of drug-likeness (QED) is 0.735. The number of thiophene rings is 1. The Morgan fingerprint density at radius 3 is 2.70 bits per heavy atom. The molecule has 0 bridgehead atoms. The maximum atomic E-state index is 13.3. The Labute approximate surface area is 160 Å². The smallest absolute Gasteiger partial charge is 0.264 e. The second-order valence-corrected chi connectivity index (χ2v) is 7.35. The van der Waals surface area contributed by atoms with Gasteiger partial charge in [-0.25, -0.2) is 4.39 Å². The Hall–Kier alpha value is -2.99. The monoisotopic (exact) mass is 380 g/mol. The van der Waals surface area contributed by atoms with Gasteiger partial charge in [0.15, 0.2) is 0 Å². The normalized spacial score (nSPS) is 13.1. The Morgan fingerprint density at radius 2 is 1.93 bits per heavy atom. The van der Waals surface area contributed by atoms with Crippen molar-refractivity contribution in [2.24, 2.45) is 0 Å². The zero-order valence-corrected chi connectivity index (χ0v) is 15.3. The van der Waals surface area contributed by atoms with Crippen LogP contribution in [-0.4, -0.2) is 23.3 Å². The predicted octanol–water partition coefficient (Wildman–Crippen LogP) is 4.34. The third-order valence-corrected chi connectivity index (χ3v) is 5.44. The van der Waals surface area contributed by atoms with Crippen molar-refractivity contribution in [3.63, 3.8) is 0 Å². The van der Waals surface area contributed by atoms with Gasteiger partial charge in [0.2, 0.25) is 0 Å². The lowest BCUT2D eigenvalue weighted by Crippen LogP contribution is -2.35. The Morgan fingerprint density at radius 1 is 1.04 bits per heavy atom. The minimum Gasteiger partial charge on any atom is -0.333 e. The number of amides is 2. The molecule has 0 saturated carbocycles. The largest absolute Gasteiger partial charge is 0.333 e. The van der Waals surface area contributed by atoms with E-state index in [1.54, 1.807) is 6.07 Å². The first-order chi connectivity index (χ1) is 13.1. The van der Waals surface area contributed by atoms with Gasteiger partial charge in [0.25, 0.3) is 11.8 Å². The van der Waals surface area contributed by atoms with E-state index in [4.69, 9.17) is 0 Å². The van der Waals surface area contributed by atoms with Crippen LogP contribution in [0.25, 0.3) is 0 Å². The van der Waals surface area contributed by atoms with Gasteiger partial charge in [-0.3, -0.25) is 9.59 Å². The third-order valence-electron chi connectivity index (χ3n) is 4.58. The van der Waals surface area contributed by atoms with Gasteiger partial charge in [0, 0.05) is 24.3 Å². The summed E-state index contributed by atoms with van der Waals surface area (Å²) in [5.41, 5.74) is 3.09. The molecule has 0 unspecified atom stereocenters. The van der Waals surface area contributed by atoms with E-state index in [-0.39, 0.29) is 17.4 Å². The van der Waals surface area contributed by atoms with Crippen molar-refractivity contribution in [1.82, 2.24) is 4.90 Å². The molecular weight excluding hydrogens is 363 g/mol. The van der Waals surface area contributed by atoms with Gasteiger partial charge in [-0.2, -0.15) is 0 Å². The standard InChI is InChI=1S/C21H17FN2O2S/c22-17-4-1-3-15(11-17)20(25)23-18-7-6-14-8-9-24(13-16(14)12-18)21(26)19-5-2-10-27-19/h1-7,10-12H,8-9,13H2,(H,23,25). The lowest BCUT2D eigenvalue weighted by molar-refractivity contribution is 0.0739. The SMILES string of the molecule is O=C(Nc1ccc2c(c1)CN(C(=O)c1cccs1)CC2)c1cccc(F)c1. The van der Waals surface area contributed by atoms with E-state index in [1.807, 2.05) is 40.6 Å². The van der Waals surface area contributed by atoms with Crippen molar-refractivity contribution in [1.29, 1.82) is 0 Å². The first kappa shape index (κ1) is 17.4. The molecule has 0 fully saturated rings. The van der Waals surface area contributed by atoms with E-state index in [1.165, 1.54) is 35.1 Å². The van der Waals surface area contributed by atoms with Crippen molar-refractivity contribution < 1.29 is 14.0 Å². The molecule has 3 aromatic rings. The van der Waals surface area contributed by atoms with Gasteiger partial charge in [-0.05, 0) is 59.3 Å². The summed E-state index contributed by atoms with van der Waals surface area (Å²) in [6.07, 6.45) is 0.782. The number of nitrogens with zero attached hydrogens (tertiary/aromatic N) is 1. The van der Waals surface area contributed by atoms with Crippen LogP contribution in [0.2, 0.25) is 0 Å². The molecule has 0 atom stereocenters. The number of carbonyl (C=O) groups excluding carboxylic acids is 2. The number of carbonyl (C=O) groups is 2. The van der Waals surface area contributed by atoms with E-state index in [9.17, 15) is 14.0 Å². The molecule has 1 aliphatic rings. The number of fused-ring (bicyclic) bond motifs is 1. The fourth-order valence-electron chi connectivity index (χ4n) is 3.20. The average Bonchev–Trinajstić information content (AvgIpc) is 3.21. The average molecular weight is 380 g/mol. The number of hydrogen-bond acceptors (Lipinski definition) is 3. The molecule has 136 valence electrons. The van der Waals surface area contributed by atoms with Gasteiger partial charge >= 0.3 is 0 Å². The molecule has 0 saturated heterocycles. The molecule has 2 heterocycles. The second kappa shape index (κ2) is 7.32. The maximum Gasteiger partial charge on any atom is 0.264 e. The molecule has 1 N–H and O–H groups in total. The molecule has 0 radical (unpaired) electrons. The van der Waals surface area contributed by atoms with Gasteiger partial charge in [0.1, 0.15) is 5.82 Å². The molecule has 1 aliphatic heterocycles. The van der Waals surface area contributed by atoms with Crippen LogP contribution in [-0.2, 0) is 13.0 Å². The number of benzene rings is 2.